The van der Waals surface area contributed by atoms with Gasteiger partial charge >= 0.3 is 0 Å². The predicted octanol–water partition coefficient (Wildman–Crippen LogP) is 3.55. The van der Waals surface area contributed by atoms with Crippen molar-refractivity contribution in [1.29, 1.82) is 0 Å². The lowest BCUT2D eigenvalue weighted by molar-refractivity contribution is 0.0283. The number of piperidine rings is 1. The maximum Gasteiger partial charge on any atom is 0.191 e. The first-order valence-electron chi connectivity index (χ1n) is 10.1. The fourth-order valence-corrected chi connectivity index (χ4v) is 3.86. The van der Waals surface area contributed by atoms with Crippen molar-refractivity contribution in [1.82, 2.24) is 15.5 Å². The largest absolute Gasteiger partial charge is 0.468 e. The highest BCUT2D eigenvalue weighted by Crippen LogP contribution is 2.26. The number of aliphatic imine (C=N–C) groups is 1. The second-order valence-corrected chi connectivity index (χ2v) is 7.61. The average molecular weight is 490 g/mol. The second-order valence-electron chi connectivity index (χ2n) is 7.61. The molecule has 0 aliphatic carbocycles. The molecule has 0 aromatic carbocycles. The summed E-state index contributed by atoms with van der Waals surface area (Å²) in [5.41, 5.74) is -0.115. The van der Waals surface area contributed by atoms with Gasteiger partial charge in [0.05, 0.1) is 24.5 Å². The van der Waals surface area contributed by atoms with Gasteiger partial charge in [-0.3, -0.25) is 9.89 Å². The summed E-state index contributed by atoms with van der Waals surface area (Å²) >= 11 is 0. The molecule has 3 rings (SSSR count). The molecule has 2 atom stereocenters. The number of nitrogens with one attached hydrogen (secondary N) is 2. The Hall–Kier alpha value is -0.800. The van der Waals surface area contributed by atoms with E-state index in [1.807, 2.05) is 6.07 Å². The molecule has 2 N–H and O–H groups in total. The molecule has 2 fully saturated rings. The van der Waals surface area contributed by atoms with Gasteiger partial charge in [-0.15, -0.1) is 24.0 Å². The van der Waals surface area contributed by atoms with Crippen molar-refractivity contribution in [3.05, 3.63) is 24.2 Å². The highest BCUT2D eigenvalue weighted by atomic mass is 127. The summed E-state index contributed by atoms with van der Waals surface area (Å²) in [5.74, 6) is 1.89. The van der Waals surface area contributed by atoms with Crippen LogP contribution in [0.3, 0.4) is 0 Å². The zero-order chi connectivity index (χ0) is 18.2. The van der Waals surface area contributed by atoms with Crippen LogP contribution in [-0.4, -0.2) is 55.8 Å². The number of likely N-dealkylation sites (tertiary alicyclic amines) is 1. The summed E-state index contributed by atoms with van der Waals surface area (Å²) in [6, 6.07) is 4.30. The Morgan fingerprint density at radius 3 is 2.70 bits per heavy atom. The fraction of sp³-hybridized carbons (Fsp3) is 0.750. The first-order valence-corrected chi connectivity index (χ1v) is 10.1. The zero-order valence-electron chi connectivity index (χ0n) is 16.7. The van der Waals surface area contributed by atoms with Crippen LogP contribution in [0, 0.1) is 0 Å². The lowest BCUT2D eigenvalue weighted by Crippen LogP contribution is -2.45. The number of furan rings is 1. The molecule has 0 spiro atoms. The minimum absolute atomic E-state index is 0. The van der Waals surface area contributed by atoms with Crippen LogP contribution in [0.1, 0.15) is 57.8 Å². The van der Waals surface area contributed by atoms with E-state index >= 15 is 0 Å². The van der Waals surface area contributed by atoms with Gasteiger partial charge in [0, 0.05) is 19.7 Å². The van der Waals surface area contributed by atoms with E-state index in [9.17, 15) is 0 Å². The van der Waals surface area contributed by atoms with Crippen molar-refractivity contribution < 1.29 is 9.15 Å². The molecule has 7 heteroatoms. The first kappa shape index (κ1) is 22.5. The molecule has 2 aliphatic heterocycles. The third-order valence-electron chi connectivity index (χ3n) is 5.38. The third kappa shape index (κ3) is 6.64. The number of hydrogen-bond donors (Lipinski definition) is 2. The Kier molecular flexibility index (Phi) is 9.38. The lowest BCUT2D eigenvalue weighted by Gasteiger charge is -2.33. The van der Waals surface area contributed by atoms with E-state index in [1.54, 1.807) is 6.26 Å². The Morgan fingerprint density at radius 2 is 2.07 bits per heavy atom. The smallest absolute Gasteiger partial charge is 0.191 e. The van der Waals surface area contributed by atoms with E-state index in [2.05, 4.69) is 35.4 Å². The minimum atomic E-state index is -0.115. The van der Waals surface area contributed by atoms with Gasteiger partial charge in [0.2, 0.25) is 0 Å². The molecule has 6 nitrogen and oxygen atoms in total. The third-order valence-corrected chi connectivity index (χ3v) is 5.38. The fourth-order valence-electron chi connectivity index (χ4n) is 3.86. The summed E-state index contributed by atoms with van der Waals surface area (Å²) in [6.07, 6.45) is 7.84. The first-order chi connectivity index (χ1) is 12.7. The molecular formula is C20H35IN4O2. The van der Waals surface area contributed by atoms with Gasteiger partial charge in [-0.05, 0) is 64.8 Å². The van der Waals surface area contributed by atoms with E-state index in [0.717, 1.165) is 57.3 Å². The maximum absolute atomic E-state index is 5.86. The Labute approximate surface area is 180 Å². The SMILES string of the molecule is CCNC(=NCC1(C)CCCO1)NCC(c1ccco1)N1CCCCC1.I. The van der Waals surface area contributed by atoms with E-state index in [4.69, 9.17) is 14.1 Å². The van der Waals surface area contributed by atoms with Crippen LogP contribution >= 0.6 is 24.0 Å². The van der Waals surface area contributed by atoms with Crippen molar-refractivity contribution in [3.63, 3.8) is 0 Å². The summed E-state index contributed by atoms with van der Waals surface area (Å²) < 4.78 is 11.6. The summed E-state index contributed by atoms with van der Waals surface area (Å²) in [5, 5.41) is 6.89. The van der Waals surface area contributed by atoms with Crippen molar-refractivity contribution in [2.24, 2.45) is 4.99 Å². The van der Waals surface area contributed by atoms with E-state index in [0.29, 0.717) is 6.54 Å². The van der Waals surface area contributed by atoms with Gasteiger partial charge in [-0.25, -0.2) is 0 Å². The van der Waals surface area contributed by atoms with Crippen molar-refractivity contribution in [3.8, 4) is 0 Å². The van der Waals surface area contributed by atoms with Crippen LogP contribution in [0.5, 0.6) is 0 Å². The Bertz CT molecular complexity index is 552. The molecule has 154 valence electrons. The molecule has 0 bridgehead atoms. The monoisotopic (exact) mass is 490 g/mol. The highest BCUT2D eigenvalue weighted by Gasteiger charge is 2.30. The minimum Gasteiger partial charge on any atom is -0.468 e. The van der Waals surface area contributed by atoms with Crippen LogP contribution in [0.4, 0.5) is 0 Å². The summed E-state index contributed by atoms with van der Waals surface area (Å²) in [7, 11) is 0. The van der Waals surface area contributed by atoms with E-state index in [-0.39, 0.29) is 35.6 Å². The molecule has 3 heterocycles. The molecule has 27 heavy (non-hydrogen) atoms. The average Bonchev–Trinajstić information content (AvgIpc) is 3.33. The number of hydrogen-bond acceptors (Lipinski definition) is 4. The molecule has 1 aromatic heterocycles. The summed E-state index contributed by atoms with van der Waals surface area (Å²) in [4.78, 5) is 7.31. The Morgan fingerprint density at radius 1 is 1.26 bits per heavy atom. The van der Waals surface area contributed by atoms with Gasteiger partial charge in [0.1, 0.15) is 5.76 Å². The molecule has 2 saturated heterocycles. The predicted molar refractivity (Wildman–Crippen MR) is 120 cm³/mol. The Balaban J connectivity index is 0.00000261. The van der Waals surface area contributed by atoms with E-state index < -0.39 is 0 Å². The van der Waals surface area contributed by atoms with Crippen molar-refractivity contribution >= 4 is 29.9 Å². The van der Waals surface area contributed by atoms with Gasteiger partial charge < -0.3 is 19.8 Å². The quantitative estimate of drug-likeness (QED) is 0.348. The van der Waals surface area contributed by atoms with Gasteiger partial charge in [-0.2, -0.15) is 0 Å². The topological polar surface area (TPSA) is 62.0 Å². The highest BCUT2D eigenvalue weighted by molar-refractivity contribution is 14.0. The zero-order valence-corrected chi connectivity index (χ0v) is 19.0. The number of nitrogens with zero attached hydrogens (tertiary/aromatic N) is 2. The molecule has 0 amide bonds. The maximum atomic E-state index is 5.86. The van der Waals surface area contributed by atoms with Crippen LogP contribution in [0.25, 0.3) is 0 Å². The standard InChI is InChI=1S/C20H34N4O2.HI/c1-3-21-19(23-16-20(2)10-8-14-26-20)22-15-17(18-9-7-13-25-18)24-11-5-4-6-12-24;/h7,9,13,17H,3-6,8,10-12,14-16H2,1-2H3,(H2,21,22,23);1H. The second kappa shape index (κ2) is 11.3. The van der Waals surface area contributed by atoms with Crippen LogP contribution in [-0.2, 0) is 4.74 Å². The van der Waals surface area contributed by atoms with E-state index in [1.165, 1.54) is 19.3 Å². The molecule has 0 saturated carbocycles. The van der Waals surface area contributed by atoms with Crippen LogP contribution in [0.2, 0.25) is 0 Å². The molecule has 0 radical (unpaired) electrons. The van der Waals surface area contributed by atoms with Crippen molar-refractivity contribution in [2.75, 3.05) is 39.3 Å². The molecule has 1 aromatic rings. The summed E-state index contributed by atoms with van der Waals surface area (Å²) in [6.45, 7) is 9.70. The van der Waals surface area contributed by atoms with Gasteiger partial charge in [-0.1, -0.05) is 6.42 Å². The molecule has 2 unspecified atom stereocenters. The van der Waals surface area contributed by atoms with Crippen molar-refractivity contribution in [2.45, 2.75) is 57.6 Å². The number of rotatable bonds is 7. The van der Waals surface area contributed by atoms with Crippen LogP contribution < -0.4 is 10.6 Å². The normalized spacial score (nSPS) is 25.0. The number of ether oxygens (including phenoxy) is 1. The van der Waals surface area contributed by atoms with Gasteiger partial charge in [0.25, 0.3) is 0 Å². The molecular weight excluding hydrogens is 455 g/mol. The van der Waals surface area contributed by atoms with Crippen LogP contribution in [0.15, 0.2) is 27.8 Å². The number of halogens is 1. The van der Waals surface area contributed by atoms with Gasteiger partial charge in [0.15, 0.2) is 5.96 Å². The molecule has 2 aliphatic rings. The number of guanidine groups is 1. The lowest BCUT2D eigenvalue weighted by atomic mass is 10.0.